The summed E-state index contributed by atoms with van der Waals surface area (Å²) < 4.78 is 5.71. The molecule has 0 fully saturated rings. The average molecular weight is 319 g/mol. The number of alkyl halides is 1. The minimum Gasteiger partial charge on any atom is -0.377 e. The monoisotopic (exact) mass is 318 g/mol. The molecular weight excluding hydrogens is 300 g/mol. The van der Waals surface area contributed by atoms with Gasteiger partial charge in [0.2, 0.25) is 0 Å². The van der Waals surface area contributed by atoms with E-state index in [0.29, 0.717) is 6.61 Å². The molecule has 0 aliphatic heterocycles. The van der Waals surface area contributed by atoms with Gasteiger partial charge in [-0.2, -0.15) is 0 Å². The molecule has 100 valence electrons. The first-order valence-corrected chi connectivity index (χ1v) is 7.76. The minimum absolute atomic E-state index is 0.704. The Labute approximate surface area is 123 Å². The largest absolute Gasteiger partial charge is 0.377 e. The van der Waals surface area contributed by atoms with Crippen LogP contribution in [0.4, 0.5) is 0 Å². The first-order chi connectivity index (χ1) is 9.40. The summed E-state index contributed by atoms with van der Waals surface area (Å²) in [5, 5.41) is 0.999. The van der Waals surface area contributed by atoms with Crippen LogP contribution < -0.4 is 0 Å². The van der Waals surface area contributed by atoms with Gasteiger partial charge in [0, 0.05) is 11.9 Å². The van der Waals surface area contributed by atoms with Gasteiger partial charge in [-0.1, -0.05) is 70.5 Å². The van der Waals surface area contributed by atoms with E-state index < -0.39 is 0 Å². The molecule has 0 radical (unpaired) electrons. The Hall–Kier alpha value is -1.12. The zero-order valence-electron chi connectivity index (χ0n) is 11.0. The van der Waals surface area contributed by atoms with Gasteiger partial charge in [0.25, 0.3) is 0 Å². The second kappa shape index (κ2) is 8.13. The van der Waals surface area contributed by atoms with E-state index in [1.807, 2.05) is 0 Å². The highest BCUT2D eigenvalue weighted by atomic mass is 79.9. The number of rotatable bonds is 7. The van der Waals surface area contributed by atoms with Gasteiger partial charge in [0.15, 0.2) is 0 Å². The van der Waals surface area contributed by atoms with E-state index in [0.717, 1.165) is 24.8 Å². The fourth-order valence-electron chi connectivity index (χ4n) is 2.03. The summed E-state index contributed by atoms with van der Waals surface area (Å²) in [6, 6.07) is 19.1. The first-order valence-electron chi connectivity index (χ1n) is 6.64. The molecule has 0 spiro atoms. The molecule has 0 N–H and O–H groups in total. The number of benzene rings is 2. The van der Waals surface area contributed by atoms with Crippen molar-refractivity contribution in [3.63, 3.8) is 0 Å². The Kier molecular flexibility index (Phi) is 6.12. The summed E-state index contributed by atoms with van der Waals surface area (Å²) in [5.74, 6) is 0. The second-order valence-corrected chi connectivity index (χ2v) is 5.32. The molecule has 0 heterocycles. The first kappa shape index (κ1) is 14.3. The molecule has 0 atom stereocenters. The Balaban J connectivity index is 2.00. The maximum atomic E-state index is 5.71. The Morgan fingerprint density at radius 3 is 2.26 bits per heavy atom. The number of hydrogen-bond acceptors (Lipinski definition) is 1. The van der Waals surface area contributed by atoms with E-state index in [4.69, 9.17) is 4.74 Å². The summed E-state index contributed by atoms with van der Waals surface area (Å²) in [6.07, 6.45) is 2.03. The molecule has 0 bridgehead atoms. The minimum atomic E-state index is 0.704. The van der Waals surface area contributed by atoms with Crippen LogP contribution >= 0.6 is 15.9 Å². The van der Waals surface area contributed by atoms with Crippen molar-refractivity contribution < 1.29 is 4.74 Å². The van der Waals surface area contributed by atoms with E-state index in [2.05, 4.69) is 70.5 Å². The van der Waals surface area contributed by atoms with E-state index in [1.54, 1.807) is 0 Å². The van der Waals surface area contributed by atoms with Gasteiger partial charge < -0.3 is 4.74 Å². The molecule has 19 heavy (non-hydrogen) atoms. The number of hydrogen-bond donors (Lipinski definition) is 0. The van der Waals surface area contributed by atoms with Gasteiger partial charge in [0.1, 0.15) is 0 Å². The van der Waals surface area contributed by atoms with Gasteiger partial charge >= 0.3 is 0 Å². The Bertz CT molecular complexity index is 482. The fourth-order valence-corrected chi connectivity index (χ4v) is 2.25. The van der Waals surface area contributed by atoms with Crippen molar-refractivity contribution in [2.24, 2.45) is 0 Å². The van der Waals surface area contributed by atoms with E-state index in [1.165, 1.54) is 16.7 Å². The van der Waals surface area contributed by atoms with Crippen molar-refractivity contribution in [2.45, 2.75) is 19.4 Å². The van der Waals surface area contributed by atoms with Gasteiger partial charge in [0.05, 0.1) is 6.61 Å². The molecule has 2 aromatic carbocycles. The normalized spacial score (nSPS) is 10.6. The molecule has 2 aromatic rings. The molecule has 0 unspecified atom stereocenters. The number of halogens is 1. The van der Waals surface area contributed by atoms with E-state index in [9.17, 15) is 0 Å². The lowest BCUT2D eigenvalue weighted by Gasteiger charge is -2.10. The van der Waals surface area contributed by atoms with Crippen LogP contribution in [0.1, 0.15) is 23.1 Å². The maximum absolute atomic E-state index is 5.71. The molecule has 0 aromatic heterocycles. The third-order valence-corrected chi connectivity index (χ3v) is 3.60. The summed E-state index contributed by atoms with van der Waals surface area (Å²) in [6.45, 7) is 1.51. The van der Waals surface area contributed by atoms with Crippen LogP contribution in [0.15, 0.2) is 54.6 Å². The topological polar surface area (TPSA) is 9.23 Å². The summed E-state index contributed by atoms with van der Waals surface area (Å²) >= 11 is 3.41. The molecule has 2 heteroatoms. The quantitative estimate of drug-likeness (QED) is 0.536. The summed E-state index contributed by atoms with van der Waals surface area (Å²) in [5.41, 5.74) is 3.99. The van der Waals surface area contributed by atoms with Gasteiger partial charge in [-0.3, -0.25) is 0 Å². The summed E-state index contributed by atoms with van der Waals surface area (Å²) in [7, 11) is 0. The van der Waals surface area contributed by atoms with E-state index >= 15 is 0 Å². The number of ether oxygens (including phenoxy) is 1. The van der Waals surface area contributed by atoms with Gasteiger partial charge in [-0.25, -0.2) is 0 Å². The molecule has 0 aliphatic rings. The Morgan fingerprint density at radius 1 is 0.842 bits per heavy atom. The molecular formula is C17H19BrO. The highest BCUT2D eigenvalue weighted by Crippen LogP contribution is 2.15. The van der Waals surface area contributed by atoms with Crippen LogP contribution in [0.25, 0.3) is 0 Å². The van der Waals surface area contributed by atoms with Crippen molar-refractivity contribution in [1.82, 2.24) is 0 Å². The van der Waals surface area contributed by atoms with Gasteiger partial charge in [-0.05, 0) is 29.5 Å². The lowest BCUT2D eigenvalue weighted by atomic mass is 10.0. The van der Waals surface area contributed by atoms with Crippen molar-refractivity contribution in [3.8, 4) is 0 Å². The molecule has 0 amide bonds. The molecule has 2 rings (SSSR count). The van der Waals surface area contributed by atoms with Gasteiger partial charge in [-0.15, -0.1) is 0 Å². The predicted molar refractivity (Wildman–Crippen MR) is 83.8 cm³/mol. The highest BCUT2D eigenvalue weighted by Gasteiger charge is 2.03. The third kappa shape index (κ3) is 4.81. The lowest BCUT2D eigenvalue weighted by Crippen LogP contribution is -2.00. The zero-order valence-corrected chi connectivity index (χ0v) is 12.6. The standard InChI is InChI=1S/C17H19BrO/c18-11-6-12-19-14-17-10-5-4-9-16(17)13-15-7-2-1-3-8-15/h1-5,7-10H,6,11-14H2. The molecule has 1 nitrogen and oxygen atoms in total. The molecule has 0 aliphatic carbocycles. The van der Waals surface area contributed by atoms with Crippen molar-refractivity contribution in [1.29, 1.82) is 0 Å². The average Bonchev–Trinajstić information content (AvgIpc) is 2.46. The summed E-state index contributed by atoms with van der Waals surface area (Å²) in [4.78, 5) is 0. The van der Waals surface area contributed by atoms with Crippen molar-refractivity contribution >= 4 is 15.9 Å². The maximum Gasteiger partial charge on any atom is 0.0719 e. The molecule has 0 saturated carbocycles. The predicted octanol–water partition coefficient (Wildman–Crippen LogP) is 4.58. The van der Waals surface area contributed by atoms with Crippen LogP contribution in [-0.2, 0) is 17.8 Å². The van der Waals surface area contributed by atoms with Crippen molar-refractivity contribution in [2.75, 3.05) is 11.9 Å². The third-order valence-electron chi connectivity index (χ3n) is 3.04. The van der Waals surface area contributed by atoms with Crippen LogP contribution in [0.2, 0.25) is 0 Å². The van der Waals surface area contributed by atoms with Crippen molar-refractivity contribution in [3.05, 3.63) is 71.3 Å². The van der Waals surface area contributed by atoms with Crippen LogP contribution in [-0.4, -0.2) is 11.9 Å². The highest BCUT2D eigenvalue weighted by molar-refractivity contribution is 9.09. The molecule has 0 saturated heterocycles. The lowest BCUT2D eigenvalue weighted by molar-refractivity contribution is 0.122. The van der Waals surface area contributed by atoms with E-state index in [-0.39, 0.29) is 0 Å². The smallest absolute Gasteiger partial charge is 0.0719 e. The zero-order chi connectivity index (χ0) is 13.3. The second-order valence-electron chi connectivity index (χ2n) is 4.53. The SMILES string of the molecule is BrCCCOCc1ccccc1Cc1ccccc1. The van der Waals surface area contributed by atoms with Crippen LogP contribution in [0.3, 0.4) is 0 Å². The Morgan fingerprint density at radius 2 is 1.53 bits per heavy atom. The van der Waals surface area contributed by atoms with Crippen LogP contribution in [0, 0.1) is 0 Å². The fraction of sp³-hybridized carbons (Fsp3) is 0.294. The van der Waals surface area contributed by atoms with Crippen LogP contribution in [0.5, 0.6) is 0 Å².